The quantitative estimate of drug-likeness (QED) is 0.577. The Hall–Kier alpha value is -3.51. The fourth-order valence-electron chi connectivity index (χ4n) is 3.61. The summed E-state index contributed by atoms with van der Waals surface area (Å²) in [6, 6.07) is 12.0. The van der Waals surface area contributed by atoms with Crippen molar-refractivity contribution in [3.63, 3.8) is 0 Å². The molecule has 2 aromatic heterocycles. The van der Waals surface area contributed by atoms with Crippen LogP contribution in [0.4, 0.5) is 13.2 Å². The molecule has 3 aromatic rings. The Morgan fingerprint density at radius 3 is 2.70 bits per heavy atom. The van der Waals surface area contributed by atoms with Crippen LogP contribution < -0.4 is 10.9 Å². The summed E-state index contributed by atoms with van der Waals surface area (Å²) in [4.78, 5) is 25.9. The van der Waals surface area contributed by atoms with E-state index in [1.807, 2.05) is 35.4 Å². The molecule has 9 nitrogen and oxygen atoms in total. The molecule has 1 amide bonds. The van der Waals surface area contributed by atoms with E-state index in [4.69, 9.17) is 4.74 Å². The largest absolute Gasteiger partial charge is 0.434 e. The SMILES string of the molecule is O=C(NC[C@@H]1CN(Cc2ccccc2)CCO1)c1cnn(-c2ccc(=O)[nH]n2)c1C(F)(F)F. The van der Waals surface area contributed by atoms with Gasteiger partial charge in [-0.25, -0.2) is 9.78 Å². The van der Waals surface area contributed by atoms with Crippen LogP contribution in [0, 0.1) is 0 Å². The lowest BCUT2D eigenvalue weighted by Crippen LogP contribution is -2.47. The molecule has 1 atom stereocenters. The van der Waals surface area contributed by atoms with E-state index in [2.05, 4.69) is 20.4 Å². The first-order valence-corrected chi connectivity index (χ1v) is 10.2. The maximum atomic E-state index is 13.7. The van der Waals surface area contributed by atoms with Gasteiger partial charge in [0, 0.05) is 32.2 Å². The maximum absolute atomic E-state index is 13.7. The average Bonchev–Trinajstić information content (AvgIpc) is 3.25. The van der Waals surface area contributed by atoms with Gasteiger partial charge in [-0.2, -0.15) is 23.4 Å². The van der Waals surface area contributed by atoms with Crippen LogP contribution in [0.25, 0.3) is 5.82 Å². The number of benzene rings is 1. The van der Waals surface area contributed by atoms with Gasteiger partial charge in [0.15, 0.2) is 11.5 Å². The first-order chi connectivity index (χ1) is 15.8. The highest BCUT2D eigenvalue weighted by atomic mass is 19.4. The summed E-state index contributed by atoms with van der Waals surface area (Å²) in [5, 5.41) is 11.8. The molecule has 3 heterocycles. The number of carbonyl (C=O) groups is 1. The number of aromatic nitrogens is 4. The number of hydrogen-bond donors (Lipinski definition) is 2. The molecular weight excluding hydrogens is 441 g/mol. The first kappa shape index (κ1) is 22.7. The monoisotopic (exact) mass is 462 g/mol. The molecule has 1 aromatic carbocycles. The lowest BCUT2D eigenvalue weighted by Gasteiger charge is -2.33. The van der Waals surface area contributed by atoms with E-state index in [-0.39, 0.29) is 18.5 Å². The molecule has 0 saturated carbocycles. The zero-order valence-electron chi connectivity index (χ0n) is 17.4. The molecule has 0 bridgehead atoms. The molecule has 174 valence electrons. The highest BCUT2D eigenvalue weighted by Crippen LogP contribution is 2.33. The lowest BCUT2D eigenvalue weighted by atomic mass is 10.2. The predicted octanol–water partition coefficient (Wildman–Crippen LogP) is 1.61. The molecule has 2 N–H and O–H groups in total. The van der Waals surface area contributed by atoms with E-state index < -0.39 is 28.9 Å². The van der Waals surface area contributed by atoms with E-state index in [1.54, 1.807) is 0 Å². The topological polar surface area (TPSA) is 105 Å². The fourth-order valence-corrected chi connectivity index (χ4v) is 3.61. The van der Waals surface area contributed by atoms with Crippen LogP contribution >= 0.6 is 0 Å². The minimum Gasteiger partial charge on any atom is -0.374 e. The van der Waals surface area contributed by atoms with Gasteiger partial charge in [-0.05, 0) is 11.6 Å². The van der Waals surface area contributed by atoms with Gasteiger partial charge in [-0.3, -0.25) is 14.5 Å². The number of halogens is 3. The minimum absolute atomic E-state index is 0.0451. The first-order valence-electron chi connectivity index (χ1n) is 10.2. The van der Waals surface area contributed by atoms with Gasteiger partial charge in [0.2, 0.25) is 0 Å². The summed E-state index contributed by atoms with van der Waals surface area (Å²) in [6.45, 7) is 2.46. The van der Waals surface area contributed by atoms with Crippen LogP contribution in [-0.2, 0) is 17.5 Å². The van der Waals surface area contributed by atoms with Crippen molar-refractivity contribution in [1.82, 2.24) is 30.2 Å². The smallest absolute Gasteiger partial charge is 0.374 e. The molecule has 1 saturated heterocycles. The van der Waals surface area contributed by atoms with Crippen molar-refractivity contribution < 1.29 is 22.7 Å². The molecule has 12 heteroatoms. The van der Waals surface area contributed by atoms with Crippen LogP contribution in [0.1, 0.15) is 21.6 Å². The number of alkyl halides is 3. The number of carbonyl (C=O) groups excluding carboxylic acids is 1. The molecule has 1 aliphatic heterocycles. The maximum Gasteiger partial charge on any atom is 0.434 e. The van der Waals surface area contributed by atoms with Gasteiger partial charge in [-0.1, -0.05) is 30.3 Å². The molecule has 0 unspecified atom stereocenters. The molecule has 4 rings (SSSR count). The van der Waals surface area contributed by atoms with Gasteiger partial charge < -0.3 is 10.1 Å². The number of amides is 1. The van der Waals surface area contributed by atoms with Crippen LogP contribution in [0.2, 0.25) is 0 Å². The van der Waals surface area contributed by atoms with E-state index in [1.165, 1.54) is 0 Å². The third kappa shape index (κ3) is 5.46. The van der Waals surface area contributed by atoms with E-state index in [9.17, 15) is 22.8 Å². The summed E-state index contributed by atoms with van der Waals surface area (Å²) in [7, 11) is 0. The fraction of sp³-hybridized carbons (Fsp3) is 0.333. The number of nitrogens with zero attached hydrogens (tertiary/aromatic N) is 4. The number of hydrogen-bond acceptors (Lipinski definition) is 6. The van der Waals surface area contributed by atoms with Crippen molar-refractivity contribution in [2.45, 2.75) is 18.8 Å². The van der Waals surface area contributed by atoms with Gasteiger partial charge in [-0.15, -0.1) is 0 Å². The molecule has 0 spiro atoms. The normalized spacial score (nSPS) is 17.1. The zero-order valence-corrected chi connectivity index (χ0v) is 17.4. The Morgan fingerprint density at radius 1 is 1.21 bits per heavy atom. The van der Waals surface area contributed by atoms with Gasteiger partial charge in [0.05, 0.1) is 24.5 Å². The van der Waals surface area contributed by atoms with Crippen molar-refractivity contribution in [1.29, 1.82) is 0 Å². The second-order valence-electron chi connectivity index (χ2n) is 7.52. The van der Waals surface area contributed by atoms with Crippen molar-refractivity contribution in [3.05, 3.63) is 75.8 Å². The number of morpholine rings is 1. The van der Waals surface area contributed by atoms with Crippen LogP contribution in [0.5, 0.6) is 0 Å². The van der Waals surface area contributed by atoms with Crippen molar-refractivity contribution in [2.24, 2.45) is 0 Å². The average molecular weight is 462 g/mol. The van der Waals surface area contributed by atoms with Gasteiger partial charge >= 0.3 is 6.18 Å². The Bertz CT molecular complexity index is 1140. The Balaban J connectivity index is 1.44. The Morgan fingerprint density at radius 2 is 2.00 bits per heavy atom. The number of rotatable bonds is 6. The molecule has 1 aliphatic rings. The molecule has 0 aliphatic carbocycles. The molecule has 1 fully saturated rings. The summed E-state index contributed by atoms with van der Waals surface area (Å²) in [5.74, 6) is -1.20. The number of ether oxygens (including phenoxy) is 1. The van der Waals surface area contributed by atoms with Crippen molar-refractivity contribution in [2.75, 3.05) is 26.2 Å². The van der Waals surface area contributed by atoms with Crippen molar-refractivity contribution >= 4 is 5.91 Å². The molecule has 33 heavy (non-hydrogen) atoms. The molecule has 0 radical (unpaired) electrons. The summed E-state index contributed by atoms with van der Waals surface area (Å²) < 4.78 is 47.4. The molecular formula is C21H21F3N6O3. The van der Waals surface area contributed by atoms with E-state index >= 15 is 0 Å². The second kappa shape index (κ2) is 9.55. The second-order valence-corrected chi connectivity index (χ2v) is 7.52. The van der Waals surface area contributed by atoms with Crippen LogP contribution in [0.3, 0.4) is 0 Å². The van der Waals surface area contributed by atoms with Gasteiger partial charge in [0.25, 0.3) is 11.5 Å². The van der Waals surface area contributed by atoms with Crippen LogP contribution in [0.15, 0.2) is 53.5 Å². The number of nitrogens with one attached hydrogen (secondary N) is 2. The van der Waals surface area contributed by atoms with E-state index in [0.29, 0.717) is 24.4 Å². The van der Waals surface area contributed by atoms with Crippen molar-refractivity contribution in [3.8, 4) is 5.82 Å². The summed E-state index contributed by atoms with van der Waals surface area (Å²) in [6.07, 6.45) is -4.42. The summed E-state index contributed by atoms with van der Waals surface area (Å²) in [5.41, 5.74) is -1.37. The summed E-state index contributed by atoms with van der Waals surface area (Å²) >= 11 is 0. The highest BCUT2D eigenvalue weighted by Gasteiger charge is 2.41. The van der Waals surface area contributed by atoms with Gasteiger partial charge in [0.1, 0.15) is 0 Å². The predicted molar refractivity (Wildman–Crippen MR) is 111 cm³/mol. The minimum atomic E-state index is -4.88. The zero-order chi connectivity index (χ0) is 23.4. The number of aromatic amines is 1. The Labute approximate surface area is 186 Å². The van der Waals surface area contributed by atoms with E-state index in [0.717, 1.165) is 30.4 Å². The highest BCUT2D eigenvalue weighted by molar-refractivity contribution is 5.95. The third-order valence-corrected chi connectivity index (χ3v) is 5.13. The lowest BCUT2D eigenvalue weighted by molar-refractivity contribution is -0.143. The Kier molecular flexibility index (Phi) is 6.56. The van der Waals surface area contributed by atoms with Crippen LogP contribution in [-0.4, -0.2) is 63.1 Å². The third-order valence-electron chi connectivity index (χ3n) is 5.13. The standard InChI is InChI=1S/C21H21F3N6O3/c22-21(23,24)19-16(11-26-30(19)17-6-7-18(31)28-27-17)20(32)25-10-15-13-29(8-9-33-15)12-14-4-2-1-3-5-14/h1-7,11,15H,8-10,12-13H2,(H,25,32)(H,28,31)/t15-/m1/s1. The number of H-pyrrole nitrogens is 1.